The van der Waals surface area contributed by atoms with Crippen molar-refractivity contribution in [3.05, 3.63) is 0 Å². The molecule has 0 aromatic carbocycles. The molecule has 6 nitrogen and oxygen atoms in total. The van der Waals surface area contributed by atoms with Gasteiger partial charge < -0.3 is 10.2 Å². The van der Waals surface area contributed by atoms with Gasteiger partial charge in [-0.1, -0.05) is 13.8 Å². The lowest BCUT2D eigenvalue weighted by atomic mass is 9.90. The molecule has 1 aliphatic heterocycles. The van der Waals surface area contributed by atoms with E-state index in [1.807, 2.05) is 23.6 Å². The first kappa shape index (κ1) is 16.8. The molecule has 1 heterocycles. The van der Waals surface area contributed by atoms with Gasteiger partial charge in [0.25, 0.3) is 0 Å². The van der Waals surface area contributed by atoms with Crippen molar-refractivity contribution in [2.45, 2.75) is 39.2 Å². The molecule has 0 bridgehead atoms. The number of carbonyl (C=O) groups excluding carboxylic acids is 2. The molecule has 22 heavy (non-hydrogen) atoms. The average molecular weight is 306 g/mol. The Kier molecular flexibility index (Phi) is 5.07. The molecule has 0 spiro atoms. The Bertz CT molecular complexity index is 473. The van der Waals surface area contributed by atoms with Crippen LogP contribution in [0.2, 0.25) is 0 Å². The number of hydrogen-bond acceptors (Lipinski definition) is 4. The molecule has 6 heteroatoms. The largest absolute Gasteiger partial charge is 0.340 e. The van der Waals surface area contributed by atoms with E-state index in [1.165, 1.54) is 0 Å². The summed E-state index contributed by atoms with van der Waals surface area (Å²) < 4.78 is 0. The monoisotopic (exact) mass is 306 g/mol. The van der Waals surface area contributed by atoms with Crippen LogP contribution in [0.3, 0.4) is 0 Å². The summed E-state index contributed by atoms with van der Waals surface area (Å²) in [5.74, 6) is 0.465. The molecule has 0 aromatic heterocycles. The van der Waals surface area contributed by atoms with E-state index in [0.717, 1.165) is 25.9 Å². The number of nitrogens with zero attached hydrogens (tertiary/aromatic N) is 3. The second-order valence-electron chi connectivity index (χ2n) is 6.89. The fourth-order valence-electron chi connectivity index (χ4n) is 2.55. The Balaban J connectivity index is 1.77. The zero-order chi connectivity index (χ0) is 16.3. The molecule has 2 fully saturated rings. The van der Waals surface area contributed by atoms with Crippen molar-refractivity contribution < 1.29 is 9.59 Å². The molecule has 0 unspecified atom stereocenters. The van der Waals surface area contributed by atoms with Crippen LogP contribution in [0.15, 0.2) is 0 Å². The Morgan fingerprint density at radius 1 is 1.27 bits per heavy atom. The normalized spacial score (nSPS) is 22.0. The molecule has 0 aromatic rings. The maximum absolute atomic E-state index is 12.1. The number of nitriles is 1. The van der Waals surface area contributed by atoms with Crippen LogP contribution < -0.4 is 5.32 Å². The molecule has 2 aliphatic rings. The van der Waals surface area contributed by atoms with Gasteiger partial charge >= 0.3 is 0 Å². The van der Waals surface area contributed by atoms with Gasteiger partial charge in [-0.05, 0) is 25.7 Å². The highest BCUT2D eigenvalue weighted by Crippen LogP contribution is 2.31. The summed E-state index contributed by atoms with van der Waals surface area (Å²) in [7, 11) is 0. The van der Waals surface area contributed by atoms with E-state index < -0.39 is 5.54 Å². The Morgan fingerprint density at radius 3 is 2.32 bits per heavy atom. The molecule has 2 rings (SSSR count). The SMILES string of the molecule is CC(C)[C@@](C)(C#N)NC(=O)CN1CCN(C(=O)C2CC2)CC1. The minimum absolute atomic E-state index is 0.0504. The van der Waals surface area contributed by atoms with Gasteiger partial charge in [-0.25, -0.2) is 0 Å². The van der Waals surface area contributed by atoms with Crippen LogP contribution in [-0.2, 0) is 9.59 Å². The Hall–Kier alpha value is -1.61. The number of nitrogens with one attached hydrogen (secondary N) is 1. The van der Waals surface area contributed by atoms with E-state index >= 15 is 0 Å². The maximum Gasteiger partial charge on any atom is 0.235 e. The molecule has 1 N–H and O–H groups in total. The fraction of sp³-hybridized carbons (Fsp3) is 0.812. The molecule has 0 radical (unpaired) electrons. The topological polar surface area (TPSA) is 76.4 Å². The second-order valence-corrected chi connectivity index (χ2v) is 6.89. The highest BCUT2D eigenvalue weighted by molar-refractivity contribution is 5.81. The Morgan fingerprint density at radius 2 is 1.86 bits per heavy atom. The van der Waals surface area contributed by atoms with Crippen molar-refractivity contribution in [2.75, 3.05) is 32.7 Å². The standard InChI is InChI=1S/C16H26N4O2/c1-12(2)16(3,11-17)18-14(21)10-19-6-8-20(9-7-19)15(22)13-4-5-13/h12-13H,4-10H2,1-3H3,(H,18,21)/t16-/m1/s1. The zero-order valence-electron chi connectivity index (χ0n) is 13.8. The van der Waals surface area contributed by atoms with Crippen molar-refractivity contribution in [1.29, 1.82) is 5.26 Å². The van der Waals surface area contributed by atoms with E-state index in [-0.39, 0.29) is 30.2 Å². The van der Waals surface area contributed by atoms with Gasteiger partial charge in [-0.3, -0.25) is 14.5 Å². The molecule has 1 aliphatic carbocycles. The number of amides is 2. The summed E-state index contributed by atoms with van der Waals surface area (Å²) in [6.45, 7) is 8.72. The minimum Gasteiger partial charge on any atom is -0.340 e. The molecule has 1 saturated carbocycles. The molecule has 1 atom stereocenters. The average Bonchev–Trinajstić information content (AvgIpc) is 3.31. The first-order valence-corrected chi connectivity index (χ1v) is 8.09. The van der Waals surface area contributed by atoms with Crippen LogP contribution in [0.1, 0.15) is 33.6 Å². The van der Waals surface area contributed by atoms with Crippen molar-refractivity contribution >= 4 is 11.8 Å². The minimum atomic E-state index is -0.832. The van der Waals surface area contributed by atoms with E-state index in [1.54, 1.807) is 6.92 Å². The van der Waals surface area contributed by atoms with Crippen LogP contribution in [0.5, 0.6) is 0 Å². The highest BCUT2D eigenvalue weighted by atomic mass is 16.2. The third kappa shape index (κ3) is 3.98. The first-order valence-electron chi connectivity index (χ1n) is 8.09. The van der Waals surface area contributed by atoms with Gasteiger partial charge in [-0.2, -0.15) is 5.26 Å². The smallest absolute Gasteiger partial charge is 0.235 e. The number of rotatable bonds is 5. The van der Waals surface area contributed by atoms with Gasteiger partial charge in [0.2, 0.25) is 11.8 Å². The maximum atomic E-state index is 12.1. The predicted octanol–water partition coefficient (Wildman–Crippen LogP) is 0.595. The number of hydrogen-bond donors (Lipinski definition) is 1. The number of carbonyl (C=O) groups is 2. The quantitative estimate of drug-likeness (QED) is 0.807. The highest BCUT2D eigenvalue weighted by Gasteiger charge is 2.35. The van der Waals surface area contributed by atoms with Gasteiger partial charge in [0, 0.05) is 32.1 Å². The lowest BCUT2D eigenvalue weighted by Crippen LogP contribution is -2.55. The van der Waals surface area contributed by atoms with E-state index in [9.17, 15) is 14.9 Å². The fourth-order valence-corrected chi connectivity index (χ4v) is 2.55. The third-order valence-electron chi connectivity index (χ3n) is 4.76. The molecular weight excluding hydrogens is 280 g/mol. The third-order valence-corrected chi connectivity index (χ3v) is 4.76. The second kappa shape index (κ2) is 6.66. The summed E-state index contributed by atoms with van der Waals surface area (Å²) >= 11 is 0. The van der Waals surface area contributed by atoms with Gasteiger partial charge in [0.1, 0.15) is 5.54 Å². The predicted molar refractivity (Wildman–Crippen MR) is 82.7 cm³/mol. The van der Waals surface area contributed by atoms with Crippen LogP contribution in [0, 0.1) is 23.2 Å². The summed E-state index contributed by atoms with van der Waals surface area (Å²) in [4.78, 5) is 28.1. The summed E-state index contributed by atoms with van der Waals surface area (Å²) in [5.41, 5.74) is -0.832. The Labute approximate surface area is 132 Å². The van der Waals surface area contributed by atoms with Gasteiger partial charge in [0.05, 0.1) is 12.6 Å². The van der Waals surface area contributed by atoms with Crippen molar-refractivity contribution in [3.8, 4) is 6.07 Å². The zero-order valence-corrected chi connectivity index (χ0v) is 13.8. The molecule has 122 valence electrons. The lowest BCUT2D eigenvalue weighted by molar-refractivity contribution is -0.134. The summed E-state index contributed by atoms with van der Waals surface area (Å²) in [6, 6.07) is 2.18. The number of piperazine rings is 1. The molecular formula is C16H26N4O2. The van der Waals surface area contributed by atoms with E-state index in [0.29, 0.717) is 13.1 Å². The molecule has 1 saturated heterocycles. The van der Waals surface area contributed by atoms with Crippen LogP contribution in [0.25, 0.3) is 0 Å². The lowest BCUT2D eigenvalue weighted by Gasteiger charge is -2.35. The van der Waals surface area contributed by atoms with Gasteiger partial charge in [-0.15, -0.1) is 0 Å². The molecule has 2 amide bonds. The summed E-state index contributed by atoms with van der Waals surface area (Å²) in [5, 5.41) is 12.1. The van der Waals surface area contributed by atoms with Crippen molar-refractivity contribution in [3.63, 3.8) is 0 Å². The van der Waals surface area contributed by atoms with Crippen LogP contribution in [0.4, 0.5) is 0 Å². The van der Waals surface area contributed by atoms with Crippen LogP contribution >= 0.6 is 0 Å². The van der Waals surface area contributed by atoms with E-state index in [2.05, 4.69) is 11.4 Å². The van der Waals surface area contributed by atoms with Crippen molar-refractivity contribution in [2.24, 2.45) is 11.8 Å². The summed E-state index contributed by atoms with van der Waals surface area (Å²) in [6.07, 6.45) is 2.06. The first-order chi connectivity index (χ1) is 10.4. The van der Waals surface area contributed by atoms with Gasteiger partial charge in [0.15, 0.2) is 0 Å². The van der Waals surface area contributed by atoms with Crippen molar-refractivity contribution in [1.82, 2.24) is 15.1 Å². The van der Waals surface area contributed by atoms with Crippen LogP contribution in [-0.4, -0.2) is 59.9 Å². The van der Waals surface area contributed by atoms with E-state index in [4.69, 9.17) is 0 Å².